The molecule has 2 heterocycles. The third-order valence-corrected chi connectivity index (χ3v) is 3.25. The molecule has 0 spiro atoms. The van der Waals surface area contributed by atoms with Gasteiger partial charge in [-0.25, -0.2) is 4.98 Å². The van der Waals surface area contributed by atoms with E-state index in [1.54, 1.807) is 0 Å². The van der Waals surface area contributed by atoms with E-state index in [0.717, 1.165) is 13.1 Å². The molecule has 1 saturated carbocycles. The minimum absolute atomic E-state index is 0.0403. The molecule has 1 aromatic heterocycles. The molecule has 0 aromatic carbocycles. The van der Waals surface area contributed by atoms with Crippen molar-refractivity contribution in [1.29, 1.82) is 0 Å². The number of hydrogen-bond acceptors (Lipinski definition) is 3. The highest BCUT2D eigenvalue weighted by molar-refractivity contribution is 5.03. The summed E-state index contributed by atoms with van der Waals surface area (Å²) in [6.45, 7) is 4.77. The fourth-order valence-electron chi connectivity index (χ4n) is 1.95. The van der Waals surface area contributed by atoms with E-state index in [-0.39, 0.29) is 5.60 Å². The first-order chi connectivity index (χ1) is 7.27. The Kier molecular flexibility index (Phi) is 2.07. The van der Waals surface area contributed by atoms with Crippen molar-refractivity contribution in [2.24, 2.45) is 0 Å². The fourth-order valence-corrected chi connectivity index (χ4v) is 1.95. The van der Waals surface area contributed by atoms with E-state index in [0.29, 0.717) is 12.6 Å². The lowest BCUT2D eigenvalue weighted by atomic mass is 10.0. The number of nitrogens with one attached hydrogen (secondary N) is 1. The van der Waals surface area contributed by atoms with Crippen LogP contribution in [0, 0.1) is 0 Å². The lowest BCUT2D eigenvalue weighted by Gasteiger charge is -2.39. The van der Waals surface area contributed by atoms with Crippen molar-refractivity contribution in [3.8, 4) is 0 Å². The van der Waals surface area contributed by atoms with Gasteiger partial charge in [-0.05, 0) is 19.8 Å². The molecule has 1 aliphatic heterocycles. The topological polar surface area (TPSA) is 39.1 Å². The van der Waals surface area contributed by atoms with Crippen molar-refractivity contribution >= 4 is 0 Å². The van der Waals surface area contributed by atoms with Gasteiger partial charge in [0.15, 0.2) is 0 Å². The average molecular weight is 207 g/mol. The van der Waals surface area contributed by atoms with Crippen molar-refractivity contribution in [2.45, 2.75) is 38.0 Å². The van der Waals surface area contributed by atoms with Crippen LogP contribution < -0.4 is 5.32 Å². The van der Waals surface area contributed by atoms with Gasteiger partial charge < -0.3 is 14.6 Å². The van der Waals surface area contributed by atoms with Crippen LogP contribution in [0.1, 0.15) is 31.5 Å². The highest BCUT2D eigenvalue weighted by Gasteiger charge is 2.33. The number of ether oxygens (including phenoxy) is 1. The first-order valence-electron chi connectivity index (χ1n) is 5.62. The predicted molar refractivity (Wildman–Crippen MR) is 56.6 cm³/mol. The van der Waals surface area contributed by atoms with Crippen molar-refractivity contribution in [3.63, 3.8) is 0 Å². The molecule has 0 radical (unpaired) electrons. The molecule has 3 rings (SSSR count). The quantitative estimate of drug-likeness (QED) is 0.803. The van der Waals surface area contributed by atoms with E-state index in [9.17, 15) is 0 Å². The zero-order valence-electron chi connectivity index (χ0n) is 9.07. The Morgan fingerprint density at radius 1 is 1.60 bits per heavy atom. The summed E-state index contributed by atoms with van der Waals surface area (Å²) in [6.07, 6.45) is 6.44. The van der Waals surface area contributed by atoms with Crippen LogP contribution in [0.3, 0.4) is 0 Å². The van der Waals surface area contributed by atoms with Gasteiger partial charge in [-0.3, -0.25) is 0 Å². The maximum Gasteiger partial charge on any atom is 0.0951 e. The van der Waals surface area contributed by atoms with Gasteiger partial charge in [0.1, 0.15) is 0 Å². The maximum absolute atomic E-state index is 5.91. The highest BCUT2D eigenvalue weighted by Crippen LogP contribution is 2.36. The number of rotatable bonds is 4. The summed E-state index contributed by atoms with van der Waals surface area (Å²) in [5.74, 6) is 0. The summed E-state index contributed by atoms with van der Waals surface area (Å²) in [4.78, 5) is 4.20. The molecule has 1 saturated heterocycles. The minimum atomic E-state index is 0.0403. The minimum Gasteiger partial charge on any atom is -0.366 e. The standard InChI is InChI=1S/C11H17N3O/c1-11(6-13-7-11)15-5-10-4-12-8-14(10)9-2-3-9/h4,8-9,13H,2-3,5-7H2,1H3. The zero-order valence-corrected chi connectivity index (χ0v) is 9.07. The smallest absolute Gasteiger partial charge is 0.0951 e. The third kappa shape index (κ3) is 1.79. The second-order valence-corrected chi connectivity index (χ2v) is 4.87. The van der Waals surface area contributed by atoms with Gasteiger partial charge in [-0.1, -0.05) is 0 Å². The van der Waals surface area contributed by atoms with Gasteiger partial charge in [0, 0.05) is 19.1 Å². The third-order valence-electron chi connectivity index (χ3n) is 3.25. The van der Waals surface area contributed by atoms with E-state index in [2.05, 4.69) is 21.8 Å². The van der Waals surface area contributed by atoms with Crippen LogP contribution in [-0.2, 0) is 11.3 Å². The lowest BCUT2D eigenvalue weighted by Crippen LogP contribution is -2.58. The van der Waals surface area contributed by atoms with Gasteiger partial charge in [-0.15, -0.1) is 0 Å². The summed E-state index contributed by atoms with van der Waals surface area (Å²) >= 11 is 0. The monoisotopic (exact) mass is 207 g/mol. The Morgan fingerprint density at radius 2 is 2.40 bits per heavy atom. The molecule has 1 N–H and O–H groups in total. The zero-order chi connectivity index (χ0) is 10.3. The molecule has 1 aromatic rings. The normalized spacial score (nSPS) is 23.8. The van der Waals surface area contributed by atoms with Gasteiger partial charge in [-0.2, -0.15) is 0 Å². The first-order valence-corrected chi connectivity index (χ1v) is 5.62. The molecular weight excluding hydrogens is 190 g/mol. The summed E-state index contributed by atoms with van der Waals surface area (Å²) < 4.78 is 8.16. The molecule has 1 aliphatic carbocycles. The van der Waals surface area contributed by atoms with Crippen molar-refractivity contribution in [2.75, 3.05) is 13.1 Å². The molecule has 0 amide bonds. The van der Waals surface area contributed by atoms with E-state index < -0.39 is 0 Å². The van der Waals surface area contributed by atoms with E-state index in [1.807, 2.05) is 12.5 Å². The fraction of sp³-hybridized carbons (Fsp3) is 0.727. The van der Waals surface area contributed by atoms with Crippen molar-refractivity contribution < 1.29 is 4.74 Å². The Hall–Kier alpha value is -0.870. The molecule has 15 heavy (non-hydrogen) atoms. The Balaban J connectivity index is 1.63. The lowest BCUT2D eigenvalue weighted by molar-refractivity contribution is -0.0786. The molecule has 0 unspecified atom stereocenters. The predicted octanol–water partition coefficient (Wildman–Crippen LogP) is 1.10. The molecule has 2 aliphatic rings. The summed E-state index contributed by atoms with van der Waals surface area (Å²) in [5.41, 5.74) is 1.25. The molecular formula is C11H17N3O. The molecule has 0 bridgehead atoms. The Bertz CT molecular complexity index is 352. The van der Waals surface area contributed by atoms with Crippen LogP contribution in [0.2, 0.25) is 0 Å². The summed E-state index contributed by atoms with van der Waals surface area (Å²) in [7, 11) is 0. The van der Waals surface area contributed by atoms with Crippen LogP contribution >= 0.6 is 0 Å². The van der Waals surface area contributed by atoms with Crippen molar-refractivity contribution in [1.82, 2.24) is 14.9 Å². The van der Waals surface area contributed by atoms with Gasteiger partial charge in [0.05, 0.1) is 30.4 Å². The molecule has 2 fully saturated rings. The SMILES string of the molecule is CC1(OCc2cncn2C2CC2)CNC1. The number of aromatic nitrogens is 2. The Labute approximate surface area is 89.6 Å². The van der Waals surface area contributed by atoms with Crippen LogP contribution in [0.5, 0.6) is 0 Å². The number of imidazole rings is 1. The molecule has 82 valence electrons. The van der Waals surface area contributed by atoms with Crippen LogP contribution in [-0.4, -0.2) is 28.2 Å². The summed E-state index contributed by atoms with van der Waals surface area (Å²) in [6, 6.07) is 0.693. The first kappa shape index (κ1) is 9.36. The maximum atomic E-state index is 5.91. The molecule has 4 heteroatoms. The van der Waals surface area contributed by atoms with Crippen LogP contribution in [0.4, 0.5) is 0 Å². The van der Waals surface area contributed by atoms with Crippen LogP contribution in [0.15, 0.2) is 12.5 Å². The Morgan fingerprint density at radius 3 is 3.00 bits per heavy atom. The number of nitrogens with zero attached hydrogens (tertiary/aromatic N) is 2. The largest absolute Gasteiger partial charge is 0.366 e. The van der Waals surface area contributed by atoms with E-state index in [4.69, 9.17) is 4.74 Å². The second-order valence-electron chi connectivity index (χ2n) is 4.87. The molecule has 4 nitrogen and oxygen atoms in total. The molecule has 0 atom stereocenters. The van der Waals surface area contributed by atoms with Crippen molar-refractivity contribution in [3.05, 3.63) is 18.2 Å². The van der Waals surface area contributed by atoms with Gasteiger partial charge >= 0.3 is 0 Å². The highest BCUT2D eigenvalue weighted by atomic mass is 16.5. The van der Waals surface area contributed by atoms with Gasteiger partial charge in [0.25, 0.3) is 0 Å². The number of hydrogen-bond donors (Lipinski definition) is 1. The summed E-state index contributed by atoms with van der Waals surface area (Å²) in [5, 5.41) is 3.23. The second kappa shape index (κ2) is 3.32. The van der Waals surface area contributed by atoms with Gasteiger partial charge in [0.2, 0.25) is 0 Å². The van der Waals surface area contributed by atoms with E-state index >= 15 is 0 Å². The van der Waals surface area contributed by atoms with Crippen LogP contribution in [0.25, 0.3) is 0 Å². The van der Waals surface area contributed by atoms with E-state index in [1.165, 1.54) is 18.5 Å². The average Bonchev–Trinajstić information content (AvgIpc) is 2.92.